The van der Waals surface area contributed by atoms with Crippen molar-refractivity contribution in [1.82, 2.24) is 4.90 Å². The molecule has 3 nitrogen and oxygen atoms in total. The normalized spacial score (nSPS) is 16.3. The Morgan fingerprint density at radius 2 is 1.93 bits per heavy atom. The van der Waals surface area contributed by atoms with E-state index in [2.05, 4.69) is 0 Å². The van der Waals surface area contributed by atoms with Gasteiger partial charge in [-0.05, 0) is 31.2 Å². The maximum Gasteiger partial charge on any atom is 0.324 e. The molecule has 0 spiro atoms. The SMILES string of the molecule is CCN1CCN(c2ccc(Cl)cc2)C1=O. The van der Waals surface area contributed by atoms with Crippen molar-refractivity contribution in [3.8, 4) is 0 Å². The zero-order valence-corrected chi connectivity index (χ0v) is 9.37. The molecule has 0 radical (unpaired) electrons. The van der Waals surface area contributed by atoms with Gasteiger partial charge in [-0.25, -0.2) is 4.79 Å². The Bertz CT molecular complexity index is 363. The average molecular weight is 225 g/mol. The van der Waals surface area contributed by atoms with Gasteiger partial charge in [-0.15, -0.1) is 0 Å². The number of carbonyl (C=O) groups is 1. The molecule has 0 aliphatic carbocycles. The standard InChI is InChI=1S/C11H13ClN2O/c1-2-13-7-8-14(11(13)15)10-5-3-9(12)4-6-10/h3-6H,2,7-8H2,1H3. The molecule has 0 unspecified atom stereocenters. The van der Waals surface area contributed by atoms with Crippen LogP contribution in [0.4, 0.5) is 10.5 Å². The van der Waals surface area contributed by atoms with Gasteiger partial charge < -0.3 is 4.90 Å². The predicted molar refractivity (Wildman–Crippen MR) is 61.4 cm³/mol. The minimum absolute atomic E-state index is 0.0832. The summed E-state index contributed by atoms with van der Waals surface area (Å²) in [6.45, 7) is 4.32. The topological polar surface area (TPSA) is 23.6 Å². The van der Waals surface area contributed by atoms with Crippen LogP contribution in [0.25, 0.3) is 0 Å². The van der Waals surface area contributed by atoms with Gasteiger partial charge in [0.1, 0.15) is 0 Å². The minimum Gasteiger partial charge on any atom is -0.323 e. The summed E-state index contributed by atoms with van der Waals surface area (Å²) in [4.78, 5) is 15.4. The minimum atomic E-state index is 0.0832. The second-order valence-corrected chi connectivity index (χ2v) is 3.93. The lowest BCUT2D eigenvalue weighted by Gasteiger charge is -2.17. The molecule has 2 rings (SSSR count). The molecule has 4 heteroatoms. The monoisotopic (exact) mass is 224 g/mol. The summed E-state index contributed by atoms with van der Waals surface area (Å²) in [5.41, 5.74) is 0.917. The molecule has 0 saturated carbocycles. The molecule has 80 valence electrons. The van der Waals surface area contributed by atoms with Crippen LogP contribution < -0.4 is 4.90 Å². The molecule has 1 heterocycles. The van der Waals surface area contributed by atoms with E-state index in [4.69, 9.17) is 11.6 Å². The number of benzene rings is 1. The first-order valence-electron chi connectivity index (χ1n) is 5.04. The lowest BCUT2D eigenvalue weighted by molar-refractivity contribution is 0.223. The first-order valence-corrected chi connectivity index (χ1v) is 5.42. The van der Waals surface area contributed by atoms with Gasteiger partial charge in [0.25, 0.3) is 0 Å². The molecule has 0 bridgehead atoms. The first kappa shape index (κ1) is 10.3. The van der Waals surface area contributed by atoms with Crippen molar-refractivity contribution in [3.63, 3.8) is 0 Å². The summed E-state index contributed by atoms with van der Waals surface area (Å²) in [7, 11) is 0. The average Bonchev–Trinajstić information content (AvgIpc) is 2.61. The molecule has 0 N–H and O–H groups in total. The molecule has 1 aliphatic rings. The number of hydrogen-bond acceptors (Lipinski definition) is 1. The molecule has 1 aromatic carbocycles. The highest BCUT2D eigenvalue weighted by molar-refractivity contribution is 6.30. The molecule has 1 saturated heterocycles. The van der Waals surface area contributed by atoms with E-state index in [1.165, 1.54) is 0 Å². The summed E-state index contributed by atoms with van der Waals surface area (Å²) in [5.74, 6) is 0. The van der Waals surface area contributed by atoms with Crippen LogP contribution in [0.2, 0.25) is 5.02 Å². The molecular weight excluding hydrogens is 212 g/mol. The van der Waals surface area contributed by atoms with Crippen molar-refractivity contribution in [2.75, 3.05) is 24.5 Å². The van der Waals surface area contributed by atoms with Crippen LogP contribution in [-0.2, 0) is 0 Å². The number of nitrogens with zero attached hydrogens (tertiary/aromatic N) is 2. The third-order valence-corrected chi connectivity index (χ3v) is 2.87. The van der Waals surface area contributed by atoms with Crippen LogP contribution in [-0.4, -0.2) is 30.6 Å². The van der Waals surface area contributed by atoms with Gasteiger partial charge in [0.2, 0.25) is 0 Å². The van der Waals surface area contributed by atoms with Gasteiger partial charge in [-0.1, -0.05) is 11.6 Å². The van der Waals surface area contributed by atoms with Gasteiger partial charge in [-0.3, -0.25) is 4.90 Å². The Balaban J connectivity index is 2.19. The Kier molecular flexibility index (Phi) is 2.82. The van der Waals surface area contributed by atoms with Crippen molar-refractivity contribution < 1.29 is 4.79 Å². The molecule has 1 aromatic rings. The Hall–Kier alpha value is -1.22. The zero-order chi connectivity index (χ0) is 10.8. The number of rotatable bonds is 2. The zero-order valence-electron chi connectivity index (χ0n) is 8.61. The van der Waals surface area contributed by atoms with E-state index in [1.54, 1.807) is 17.0 Å². The smallest absolute Gasteiger partial charge is 0.323 e. The van der Waals surface area contributed by atoms with Crippen molar-refractivity contribution in [2.24, 2.45) is 0 Å². The highest BCUT2D eigenvalue weighted by Crippen LogP contribution is 2.21. The van der Waals surface area contributed by atoms with Crippen LogP contribution in [0.15, 0.2) is 24.3 Å². The van der Waals surface area contributed by atoms with Gasteiger partial charge in [0.15, 0.2) is 0 Å². The Morgan fingerprint density at radius 3 is 2.47 bits per heavy atom. The van der Waals surface area contributed by atoms with E-state index in [0.29, 0.717) is 5.02 Å². The Morgan fingerprint density at radius 1 is 1.27 bits per heavy atom. The van der Waals surface area contributed by atoms with Crippen LogP contribution in [0, 0.1) is 0 Å². The number of anilines is 1. The fourth-order valence-electron chi connectivity index (χ4n) is 1.74. The van der Waals surface area contributed by atoms with E-state index >= 15 is 0 Å². The third kappa shape index (κ3) is 1.92. The summed E-state index contributed by atoms with van der Waals surface area (Å²) >= 11 is 5.80. The van der Waals surface area contributed by atoms with Gasteiger partial charge >= 0.3 is 6.03 Å². The van der Waals surface area contributed by atoms with Crippen molar-refractivity contribution in [2.45, 2.75) is 6.92 Å². The van der Waals surface area contributed by atoms with Crippen LogP contribution in [0.1, 0.15) is 6.92 Å². The van der Waals surface area contributed by atoms with E-state index in [1.807, 2.05) is 24.0 Å². The third-order valence-electron chi connectivity index (χ3n) is 2.61. The van der Waals surface area contributed by atoms with Gasteiger partial charge in [0, 0.05) is 30.3 Å². The summed E-state index contributed by atoms with van der Waals surface area (Å²) in [6, 6.07) is 7.44. The van der Waals surface area contributed by atoms with E-state index < -0.39 is 0 Å². The highest BCUT2D eigenvalue weighted by Gasteiger charge is 2.27. The lowest BCUT2D eigenvalue weighted by Crippen LogP contribution is -2.31. The highest BCUT2D eigenvalue weighted by atomic mass is 35.5. The number of amides is 2. The second kappa shape index (κ2) is 4.11. The number of urea groups is 1. The lowest BCUT2D eigenvalue weighted by atomic mass is 10.3. The fourth-order valence-corrected chi connectivity index (χ4v) is 1.86. The first-order chi connectivity index (χ1) is 7.22. The number of hydrogen-bond donors (Lipinski definition) is 0. The summed E-state index contributed by atoms with van der Waals surface area (Å²) in [5, 5.41) is 0.692. The van der Waals surface area contributed by atoms with E-state index in [-0.39, 0.29) is 6.03 Å². The summed E-state index contributed by atoms with van der Waals surface area (Å²) in [6.07, 6.45) is 0. The van der Waals surface area contributed by atoms with Gasteiger partial charge in [0.05, 0.1) is 0 Å². The van der Waals surface area contributed by atoms with Crippen molar-refractivity contribution in [3.05, 3.63) is 29.3 Å². The quantitative estimate of drug-likeness (QED) is 0.758. The van der Waals surface area contributed by atoms with E-state index in [0.717, 1.165) is 25.3 Å². The molecule has 1 fully saturated rings. The van der Waals surface area contributed by atoms with Crippen molar-refractivity contribution >= 4 is 23.3 Å². The maximum absolute atomic E-state index is 11.8. The largest absolute Gasteiger partial charge is 0.324 e. The van der Waals surface area contributed by atoms with Crippen molar-refractivity contribution in [1.29, 1.82) is 0 Å². The maximum atomic E-state index is 11.8. The van der Waals surface area contributed by atoms with Crippen LogP contribution in [0.5, 0.6) is 0 Å². The number of carbonyl (C=O) groups excluding carboxylic acids is 1. The molecule has 2 amide bonds. The fraction of sp³-hybridized carbons (Fsp3) is 0.364. The second-order valence-electron chi connectivity index (χ2n) is 3.49. The predicted octanol–water partition coefficient (Wildman–Crippen LogP) is 2.60. The molecule has 0 aromatic heterocycles. The van der Waals surface area contributed by atoms with E-state index in [9.17, 15) is 4.79 Å². The number of halogens is 1. The van der Waals surface area contributed by atoms with Gasteiger partial charge in [-0.2, -0.15) is 0 Å². The summed E-state index contributed by atoms with van der Waals surface area (Å²) < 4.78 is 0. The number of likely N-dealkylation sites (N-methyl/N-ethyl adjacent to an activating group) is 1. The molecular formula is C11H13ClN2O. The molecule has 1 aliphatic heterocycles. The molecule has 15 heavy (non-hydrogen) atoms. The van der Waals surface area contributed by atoms with Crippen LogP contribution in [0.3, 0.4) is 0 Å². The molecule has 0 atom stereocenters. The Labute approximate surface area is 94.2 Å². The van der Waals surface area contributed by atoms with Crippen LogP contribution >= 0.6 is 11.6 Å².